The fourth-order valence-electron chi connectivity index (χ4n) is 0.991. The Bertz CT molecular complexity index is 394. The predicted octanol–water partition coefficient (Wildman–Crippen LogP) is 1.67. The molecule has 72 valence electrons. The number of carbonyl (C=O) groups excluding carboxylic acids is 1. The summed E-state index contributed by atoms with van der Waals surface area (Å²) < 4.78 is 4.78. The molecule has 0 aliphatic rings. The van der Waals surface area contributed by atoms with Gasteiger partial charge in [-0.1, -0.05) is 6.07 Å². The van der Waals surface area contributed by atoms with E-state index in [1.54, 1.807) is 6.07 Å². The minimum Gasteiger partial charge on any atom is -0.451 e. The normalized spacial score (nSPS) is 10.0. The maximum absolute atomic E-state index is 11.4. The molecule has 2 rings (SSSR count). The molecule has 2 aromatic heterocycles. The van der Waals surface area contributed by atoms with Crippen molar-refractivity contribution in [2.75, 3.05) is 0 Å². The maximum Gasteiger partial charge on any atom is 0.261 e. The van der Waals surface area contributed by atoms with Gasteiger partial charge in [-0.05, 0) is 11.4 Å². The van der Waals surface area contributed by atoms with Gasteiger partial charge in [-0.25, -0.2) is 4.98 Å². The van der Waals surface area contributed by atoms with Crippen LogP contribution >= 0.6 is 11.3 Å². The third-order valence-electron chi connectivity index (χ3n) is 1.66. The lowest BCUT2D eigenvalue weighted by atomic mass is 10.4. The third kappa shape index (κ3) is 2.00. The molecule has 2 heterocycles. The van der Waals surface area contributed by atoms with Crippen molar-refractivity contribution in [2.45, 2.75) is 6.54 Å². The first-order valence-corrected chi connectivity index (χ1v) is 4.93. The van der Waals surface area contributed by atoms with Crippen LogP contribution < -0.4 is 5.32 Å². The van der Waals surface area contributed by atoms with Crippen molar-refractivity contribution in [3.63, 3.8) is 0 Å². The Balaban J connectivity index is 1.90. The van der Waals surface area contributed by atoms with E-state index in [0.717, 1.165) is 5.69 Å². The monoisotopic (exact) mass is 208 g/mol. The zero-order valence-electron chi connectivity index (χ0n) is 7.27. The summed E-state index contributed by atoms with van der Waals surface area (Å²) in [6, 6.07) is 3.62. The fourth-order valence-corrected chi connectivity index (χ4v) is 1.63. The largest absolute Gasteiger partial charge is 0.451 e. The van der Waals surface area contributed by atoms with Gasteiger partial charge in [0.25, 0.3) is 5.91 Å². The fraction of sp³-hybridized carbons (Fsp3) is 0.111. The Morgan fingerprint density at radius 3 is 3.21 bits per heavy atom. The summed E-state index contributed by atoms with van der Waals surface area (Å²) in [5.74, 6) is -0.0806. The number of amides is 1. The molecule has 0 spiro atoms. The molecule has 14 heavy (non-hydrogen) atoms. The van der Waals surface area contributed by atoms with Crippen LogP contribution in [0.3, 0.4) is 0 Å². The molecule has 4 nitrogen and oxygen atoms in total. The highest BCUT2D eigenvalue weighted by Gasteiger charge is 2.05. The molecular formula is C9H8N2O2S. The first-order chi connectivity index (χ1) is 6.86. The molecule has 1 N–H and O–H groups in total. The van der Waals surface area contributed by atoms with Crippen LogP contribution in [0.5, 0.6) is 0 Å². The number of hydrogen-bond acceptors (Lipinski definition) is 4. The van der Waals surface area contributed by atoms with E-state index >= 15 is 0 Å². The van der Waals surface area contributed by atoms with Crippen molar-refractivity contribution in [1.29, 1.82) is 0 Å². The van der Waals surface area contributed by atoms with Crippen molar-refractivity contribution in [2.24, 2.45) is 0 Å². The van der Waals surface area contributed by atoms with Crippen LogP contribution in [0.2, 0.25) is 0 Å². The second kappa shape index (κ2) is 4.06. The van der Waals surface area contributed by atoms with Crippen LogP contribution in [-0.4, -0.2) is 10.9 Å². The van der Waals surface area contributed by atoms with Gasteiger partial charge < -0.3 is 9.73 Å². The van der Waals surface area contributed by atoms with Gasteiger partial charge in [-0.3, -0.25) is 4.79 Å². The van der Waals surface area contributed by atoms with Gasteiger partial charge in [0.05, 0.1) is 17.1 Å². The summed E-state index contributed by atoms with van der Waals surface area (Å²) in [5.41, 5.74) is 0.718. The van der Waals surface area contributed by atoms with E-state index in [2.05, 4.69) is 10.3 Å². The van der Waals surface area contributed by atoms with E-state index in [9.17, 15) is 4.79 Å². The second-order valence-corrected chi connectivity index (χ2v) is 3.59. The molecule has 0 fully saturated rings. The molecule has 0 aliphatic carbocycles. The van der Waals surface area contributed by atoms with Crippen LogP contribution in [0, 0.1) is 0 Å². The summed E-state index contributed by atoms with van der Waals surface area (Å²) in [5, 5.41) is 4.60. The number of nitrogens with zero attached hydrogens (tertiary/aromatic N) is 1. The molecule has 0 unspecified atom stereocenters. The van der Waals surface area contributed by atoms with Gasteiger partial charge in [0.2, 0.25) is 0 Å². The third-order valence-corrected chi connectivity index (χ3v) is 2.53. The molecule has 5 heteroatoms. The molecule has 0 atom stereocenters. The maximum atomic E-state index is 11.4. The van der Waals surface area contributed by atoms with Crippen LogP contribution in [0.1, 0.15) is 15.4 Å². The number of aromatic nitrogens is 1. The van der Waals surface area contributed by atoms with Crippen LogP contribution in [0.15, 0.2) is 34.6 Å². The molecule has 0 saturated heterocycles. The van der Waals surface area contributed by atoms with Gasteiger partial charge in [0.1, 0.15) is 6.26 Å². The minimum atomic E-state index is -0.0806. The Morgan fingerprint density at radius 1 is 1.64 bits per heavy atom. The Hall–Kier alpha value is -1.62. The van der Waals surface area contributed by atoms with Gasteiger partial charge in [-0.2, -0.15) is 0 Å². The average Bonchev–Trinajstić information content (AvgIpc) is 2.87. The summed E-state index contributed by atoms with van der Waals surface area (Å²) in [7, 11) is 0. The molecular weight excluding hydrogens is 200 g/mol. The minimum absolute atomic E-state index is 0.0806. The van der Waals surface area contributed by atoms with Crippen molar-refractivity contribution in [3.8, 4) is 0 Å². The second-order valence-electron chi connectivity index (χ2n) is 2.64. The first-order valence-electron chi connectivity index (χ1n) is 4.05. The van der Waals surface area contributed by atoms with E-state index in [-0.39, 0.29) is 5.91 Å². The van der Waals surface area contributed by atoms with Gasteiger partial charge in [0, 0.05) is 0 Å². The summed E-state index contributed by atoms with van der Waals surface area (Å²) in [6.45, 7) is 0.396. The number of nitrogens with one attached hydrogen (secondary N) is 1. The quantitative estimate of drug-likeness (QED) is 0.834. The van der Waals surface area contributed by atoms with Crippen LogP contribution in [-0.2, 0) is 6.54 Å². The van der Waals surface area contributed by atoms with E-state index < -0.39 is 0 Å². The molecule has 2 aromatic rings. The lowest BCUT2D eigenvalue weighted by Gasteiger charge is -1.99. The van der Waals surface area contributed by atoms with Crippen molar-refractivity contribution >= 4 is 17.2 Å². The summed E-state index contributed by atoms with van der Waals surface area (Å²) in [4.78, 5) is 16.0. The topological polar surface area (TPSA) is 55.1 Å². The van der Waals surface area contributed by atoms with Crippen LogP contribution in [0.25, 0.3) is 0 Å². The molecule has 0 saturated carbocycles. The van der Waals surface area contributed by atoms with Crippen LogP contribution in [0.4, 0.5) is 0 Å². The molecule has 1 amide bonds. The van der Waals surface area contributed by atoms with Crippen molar-refractivity contribution < 1.29 is 9.21 Å². The van der Waals surface area contributed by atoms with Gasteiger partial charge >= 0.3 is 0 Å². The van der Waals surface area contributed by atoms with Gasteiger partial charge in [0.15, 0.2) is 6.39 Å². The highest BCUT2D eigenvalue weighted by Crippen LogP contribution is 2.07. The summed E-state index contributed by atoms with van der Waals surface area (Å²) in [6.07, 6.45) is 2.85. The Kier molecular flexibility index (Phi) is 2.60. The first kappa shape index (κ1) is 8.96. The average molecular weight is 208 g/mol. The smallest absolute Gasteiger partial charge is 0.261 e. The molecule has 0 aliphatic heterocycles. The number of hydrogen-bond donors (Lipinski definition) is 1. The van der Waals surface area contributed by atoms with Crippen molar-refractivity contribution in [1.82, 2.24) is 10.3 Å². The zero-order valence-corrected chi connectivity index (χ0v) is 8.08. The predicted molar refractivity (Wildman–Crippen MR) is 52.0 cm³/mol. The standard InChI is InChI=1S/C9H8N2O2S/c12-9(8-2-1-3-14-8)10-4-7-5-13-6-11-7/h1-3,5-6H,4H2,(H,10,12). The van der Waals surface area contributed by atoms with Crippen molar-refractivity contribution in [3.05, 3.63) is 40.7 Å². The molecule has 0 radical (unpaired) electrons. The lowest BCUT2D eigenvalue weighted by Crippen LogP contribution is -2.21. The molecule has 0 aromatic carbocycles. The van der Waals surface area contributed by atoms with E-state index in [4.69, 9.17) is 4.42 Å². The highest BCUT2D eigenvalue weighted by atomic mass is 32.1. The number of oxazole rings is 1. The number of carbonyl (C=O) groups is 1. The zero-order chi connectivity index (χ0) is 9.80. The Labute approximate surface area is 84.6 Å². The molecule has 0 bridgehead atoms. The SMILES string of the molecule is O=C(NCc1cocn1)c1cccs1. The summed E-state index contributed by atoms with van der Waals surface area (Å²) >= 11 is 1.41. The highest BCUT2D eigenvalue weighted by molar-refractivity contribution is 7.12. The van der Waals surface area contributed by atoms with Gasteiger partial charge in [-0.15, -0.1) is 11.3 Å². The number of rotatable bonds is 3. The van der Waals surface area contributed by atoms with E-state index in [1.165, 1.54) is 24.0 Å². The lowest BCUT2D eigenvalue weighted by molar-refractivity contribution is 0.0954. The van der Waals surface area contributed by atoms with E-state index in [0.29, 0.717) is 11.4 Å². The Morgan fingerprint density at radius 2 is 2.57 bits per heavy atom. The number of thiophene rings is 1. The van der Waals surface area contributed by atoms with E-state index in [1.807, 2.05) is 11.4 Å².